The molecule has 2 heteroatoms. The van der Waals surface area contributed by atoms with Crippen LogP contribution in [0.2, 0.25) is 0 Å². The summed E-state index contributed by atoms with van der Waals surface area (Å²) in [7, 11) is 1.70. The molecule has 126 valence electrons. The number of methoxy groups -OCH3 is 1. The average molecular weight is 313 g/mol. The van der Waals surface area contributed by atoms with E-state index in [-0.39, 0.29) is 0 Å². The minimum Gasteiger partial charge on any atom is -0.495 e. The van der Waals surface area contributed by atoms with Crippen LogP contribution >= 0.6 is 0 Å². The quantitative estimate of drug-likeness (QED) is 0.557. The van der Waals surface area contributed by atoms with E-state index in [0.29, 0.717) is 17.8 Å². The van der Waals surface area contributed by atoms with Gasteiger partial charge in [-0.25, -0.2) is 0 Å². The van der Waals surface area contributed by atoms with Crippen molar-refractivity contribution in [3.8, 4) is 5.75 Å². The maximum Gasteiger partial charge on any atom is 0.142 e. The number of hydrogen-bond acceptors (Lipinski definition) is 2. The Labute approximate surface area is 141 Å². The molecule has 0 heterocycles. The molecule has 0 fully saturated rings. The van der Waals surface area contributed by atoms with Crippen LogP contribution in [0, 0.1) is 12.8 Å². The minimum absolute atomic E-state index is 0.457. The van der Waals surface area contributed by atoms with Gasteiger partial charge in [0.15, 0.2) is 0 Å². The second-order valence-corrected chi connectivity index (χ2v) is 7.17. The molecule has 1 aliphatic rings. The van der Waals surface area contributed by atoms with E-state index >= 15 is 0 Å². The molecule has 2 nitrogen and oxygen atoms in total. The van der Waals surface area contributed by atoms with Crippen molar-refractivity contribution in [2.24, 2.45) is 5.92 Å². The van der Waals surface area contributed by atoms with Crippen molar-refractivity contribution >= 4 is 5.69 Å². The van der Waals surface area contributed by atoms with E-state index in [4.69, 9.17) is 10.5 Å². The molecule has 0 bridgehead atoms. The lowest BCUT2D eigenvalue weighted by molar-refractivity contribution is 0.364. The SMILES string of the molecule is C=CCC[C@H]1c2c(N)c(OC)cc(C)c2[C@H](C=C(C)C)C[C@@H]1C. The molecule has 2 rings (SSSR count). The number of nitrogens with two attached hydrogens (primary N) is 1. The number of nitrogen functional groups attached to an aromatic ring is 1. The Morgan fingerprint density at radius 2 is 2.09 bits per heavy atom. The fourth-order valence-corrected chi connectivity index (χ4v) is 4.15. The van der Waals surface area contributed by atoms with E-state index in [1.165, 1.54) is 28.7 Å². The third kappa shape index (κ3) is 3.46. The summed E-state index contributed by atoms with van der Waals surface area (Å²) in [6.45, 7) is 12.8. The lowest BCUT2D eigenvalue weighted by Gasteiger charge is -2.38. The molecule has 0 amide bonds. The van der Waals surface area contributed by atoms with E-state index in [1.54, 1.807) is 7.11 Å². The summed E-state index contributed by atoms with van der Waals surface area (Å²) in [6.07, 6.45) is 7.73. The van der Waals surface area contributed by atoms with Crippen LogP contribution in [-0.2, 0) is 0 Å². The van der Waals surface area contributed by atoms with E-state index in [0.717, 1.165) is 24.3 Å². The highest BCUT2D eigenvalue weighted by atomic mass is 16.5. The smallest absolute Gasteiger partial charge is 0.142 e. The molecule has 23 heavy (non-hydrogen) atoms. The molecule has 0 aliphatic heterocycles. The Bertz CT molecular complexity index is 611. The van der Waals surface area contributed by atoms with Crippen LogP contribution in [0.5, 0.6) is 5.75 Å². The molecule has 0 saturated heterocycles. The topological polar surface area (TPSA) is 35.2 Å². The van der Waals surface area contributed by atoms with Crippen molar-refractivity contribution in [1.82, 2.24) is 0 Å². The van der Waals surface area contributed by atoms with Crippen LogP contribution in [0.3, 0.4) is 0 Å². The molecule has 1 aliphatic carbocycles. The summed E-state index contributed by atoms with van der Waals surface area (Å²) < 4.78 is 5.54. The van der Waals surface area contributed by atoms with Crippen molar-refractivity contribution < 1.29 is 4.74 Å². The van der Waals surface area contributed by atoms with Gasteiger partial charge in [-0.2, -0.15) is 0 Å². The number of fused-ring (bicyclic) bond motifs is 1. The lowest BCUT2D eigenvalue weighted by atomic mass is 9.67. The zero-order valence-electron chi connectivity index (χ0n) is 15.3. The van der Waals surface area contributed by atoms with Gasteiger partial charge in [-0.05, 0) is 74.6 Å². The highest BCUT2D eigenvalue weighted by molar-refractivity contribution is 5.67. The highest BCUT2D eigenvalue weighted by Crippen LogP contribution is 2.51. The van der Waals surface area contributed by atoms with E-state index in [1.807, 2.05) is 6.08 Å². The number of anilines is 1. The van der Waals surface area contributed by atoms with Gasteiger partial charge in [0.2, 0.25) is 0 Å². The van der Waals surface area contributed by atoms with Gasteiger partial charge in [-0.3, -0.25) is 0 Å². The van der Waals surface area contributed by atoms with Crippen molar-refractivity contribution in [2.45, 2.75) is 58.8 Å². The van der Waals surface area contributed by atoms with Crippen molar-refractivity contribution in [2.75, 3.05) is 12.8 Å². The van der Waals surface area contributed by atoms with E-state index in [9.17, 15) is 0 Å². The summed E-state index contributed by atoms with van der Waals surface area (Å²) in [6, 6.07) is 2.10. The van der Waals surface area contributed by atoms with E-state index < -0.39 is 0 Å². The Hall–Kier alpha value is -1.70. The van der Waals surface area contributed by atoms with Crippen LogP contribution in [-0.4, -0.2) is 7.11 Å². The first-order valence-corrected chi connectivity index (χ1v) is 8.63. The summed E-state index contributed by atoms with van der Waals surface area (Å²) in [5.41, 5.74) is 12.8. The van der Waals surface area contributed by atoms with Crippen LogP contribution < -0.4 is 10.5 Å². The summed E-state index contributed by atoms with van der Waals surface area (Å²) in [5, 5.41) is 0. The molecule has 2 N–H and O–H groups in total. The monoisotopic (exact) mass is 313 g/mol. The predicted molar refractivity (Wildman–Crippen MR) is 100 cm³/mol. The van der Waals surface area contributed by atoms with E-state index in [2.05, 4.69) is 46.4 Å². The van der Waals surface area contributed by atoms with Crippen LogP contribution in [0.1, 0.15) is 68.6 Å². The number of ether oxygens (including phenoxy) is 1. The zero-order chi connectivity index (χ0) is 17.1. The van der Waals surface area contributed by atoms with Gasteiger partial charge in [0.25, 0.3) is 0 Å². The molecular weight excluding hydrogens is 282 g/mol. The summed E-state index contributed by atoms with van der Waals surface area (Å²) in [4.78, 5) is 0. The molecule has 0 unspecified atom stereocenters. The van der Waals surface area contributed by atoms with Crippen molar-refractivity contribution in [1.29, 1.82) is 0 Å². The molecule has 3 atom stereocenters. The highest BCUT2D eigenvalue weighted by Gasteiger charge is 2.35. The van der Waals surface area contributed by atoms with Gasteiger partial charge >= 0.3 is 0 Å². The largest absolute Gasteiger partial charge is 0.495 e. The molecule has 1 aromatic carbocycles. The summed E-state index contributed by atoms with van der Waals surface area (Å²) >= 11 is 0. The van der Waals surface area contributed by atoms with Gasteiger partial charge in [-0.1, -0.05) is 24.6 Å². The normalized spacial score (nSPS) is 23.1. The zero-order valence-corrected chi connectivity index (χ0v) is 15.3. The molecule has 0 aromatic heterocycles. The third-order valence-electron chi connectivity index (χ3n) is 5.11. The van der Waals surface area contributed by atoms with Crippen molar-refractivity contribution in [3.05, 3.63) is 47.1 Å². The van der Waals surface area contributed by atoms with Crippen LogP contribution in [0.15, 0.2) is 30.4 Å². The van der Waals surface area contributed by atoms with Crippen LogP contribution in [0.4, 0.5) is 5.69 Å². The number of allylic oxidation sites excluding steroid dienone is 3. The molecular formula is C21H31NO. The third-order valence-corrected chi connectivity index (χ3v) is 5.11. The Morgan fingerprint density at radius 1 is 1.39 bits per heavy atom. The first kappa shape index (κ1) is 17.7. The van der Waals surface area contributed by atoms with Crippen LogP contribution in [0.25, 0.3) is 0 Å². The molecule has 0 saturated carbocycles. The fourth-order valence-electron chi connectivity index (χ4n) is 4.15. The number of rotatable bonds is 5. The minimum atomic E-state index is 0.457. The average Bonchev–Trinajstić information content (AvgIpc) is 2.48. The second kappa shape index (κ2) is 7.25. The second-order valence-electron chi connectivity index (χ2n) is 7.17. The molecule has 0 radical (unpaired) electrons. The van der Waals surface area contributed by atoms with Gasteiger partial charge in [0.1, 0.15) is 5.75 Å². The Morgan fingerprint density at radius 3 is 2.65 bits per heavy atom. The standard InChI is InChI=1S/C21H31NO/c1-7-8-9-17-14(4)11-16(10-13(2)3)19-15(5)12-18(23-6)21(22)20(17)19/h7,10,12,14,16-17H,1,8-9,11,22H2,2-6H3/t14-,16+,17+/m0/s1. The molecule has 1 aromatic rings. The fraction of sp³-hybridized carbons (Fsp3) is 0.524. The molecule has 0 spiro atoms. The maximum absolute atomic E-state index is 6.53. The van der Waals surface area contributed by atoms with Crippen molar-refractivity contribution in [3.63, 3.8) is 0 Å². The Balaban J connectivity index is 2.65. The van der Waals surface area contributed by atoms with Gasteiger partial charge < -0.3 is 10.5 Å². The first-order chi connectivity index (χ1) is 10.9. The van der Waals surface area contributed by atoms with Gasteiger partial charge in [-0.15, -0.1) is 6.58 Å². The maximum atomic E-state index is 6.53. The Kier molecular flexibility index (Phi) is 5.56. The number of hydrogen-bond donors (Lipinski definition) is 1. The lowest BCUT2D eigenvalue weighted by Crippen LogP contribution is -2.24. The number of aryl methyl sites for hydroxylation is 1. The van der Waals surface area contributed by atoms with Gasteiger partial charge in [0.05, 0.1) is 12.8 Å². The predicted octanol–water partition coefficient (Wildman–Crippen LogP) is 5.73. The number of benzene rings is 1. The van der Waals surface area contributed by atoms with Gasteiger partial charge in [0, 0.05) is 5.92 Å². The first-order valence-electron chi connectivity index (χ1n) is 8.63. The summed E-state index contributed by atoms with van der Waals surface area (Å²) in [5.74, 6) is 2.36.